The molecule has 35 heavy (non-hydrogen) atoms. The average molecular weight is 488 g/mol. The van der Waals surface area contributed by atoms with Gasteiger partial charge in [-0.05, 0) is 91.3 Å². The average Bonchev–Trinajstić information content (AvgIpc) is 2.74. The van der Waals surface area contributed by atoms with E-state index in [0.29, 0.717) is 18.8 Å². The van der Waals surface area contributed by atoms with Crippen LogP contribution in [-0.4, -0.2) is 39.0 Å². The molecule has 5 rings (SSSR count). The van der Waals surface area contributed by atoms with Crippen LogP contribution in [-0.2, 0) is 4.79 Å². The van der Waals surface area contributed by atoms with Gasteiger partial charge in [0.1, 0.15) is 5.41 Å². The van der Waals surface area contributed by atoms with E-state index in [-0.39, 0.29) is 33.0 Å². The van der Waals surface area contributed by atoms with Gasteiger partial charge in [-0.2, -0.15) is 0 Å². The summed E-state index contributed by atoms with van der Waals surface area (Å²) in [5.74, 6) is -0.618. The zero-order chi connectivity index (χ0) is 26.0. The van der Waals surface area contributed by atoms with Crippen molar-refractivity contribution in [2.24, 2.45) is 50.1 Å². The Morgan fingerprint density at radius 1 is 0.886 bits per heavy atom. The fourth-order valence-corrected chi connectivity index (χ4v) is 10.6. The molecular formula is C30H49NO4. The first-order chi connectivity index (χ1) is 15.9. The van der Waals surface area contributed by atoms with E-state index in [1.54, 1.807) is 0 Å². The number of carbonyl (C=O) groups is 1. The van der Waals surface area contributed by atoms with Gasteiger partial charge in [-0.3, -0.25) is 4.79 Å². The minimum atomic E-state index is -1.07. The van der Waals surface area contributed by atoms with Crippen LogP contribution in [0.15, 0.2) is 11.6 Å². The highest BCUT2D eigenvalue weighted by atomic mass is 16.4. The van der Waals surface area contributed by atoms with Crippen molar-refractivity contribution in [3.05, 3.63) is 11.6 Å². The summed E-state index contributed by atoms with van der Waals surface area (Å²) in [5, 5.41) is 33.2. The molecule has 4 fully saturated rings. The van der Waals surface area contributed by atoms with Crippen LogP contribution in [0, 0.1) is 44.3 Å². The van der Waals surface area contributed by atoms with Crippen molar-refractivity contribution in [1.29, 1.82) is 0 Å². The third-order valence-corrected chi connectivity index (χ3v) is 13.6. The van der Waals surface area contributed by atoms with Gasteiger partial charge in [0, 0.05) is 11.0 Å². The monoisotopic (exact) mass is 487 g/mol. The highest BCUT2D eigenvalue weighted by molar-refractivity contribution is 5.77. The van der Waals surface area contributed by atoms with Crippen LogP contribution in [0.4, 0.5) is 0 Å². The number of carboxylic acid groups (broad SMARTS) is 1. The zero-order valence-electron chi connectivity index (χ0n) is 23.1. The van der Waals surface area contributed by atoms with E-state index in [1.807, 2.05) is 0 Å². The van der Waals surface area contributed by atoms with Crippen molar-refractivity contribution in [2.75, 3.05) is 0 Å². The molecule has 0 amide bonds. The molecule has 0 aliphatic heterocycles. The van der Waals surface area contributed by atoms with Gasteiger partial charge in [0.05, 0.1) is 12.2 Å². The van der Waals surface area contributed by atoms with E-state index in [0.717, 1.165) is 44.9 Å². The lowest BCUT2D eigenvalue weighted by atomic mass is 9.31. The lowest BCUT2D eigenvalue weighted by Gasteiger charge is -2.74. The van der Waals surface area contributed by atoms with E-state index in [1.165, 1.54) is 5.57 Å². The molecule has 0 spiro atoms. The first kappa shape index (κ1) is 25.7. The predicted molar refractivity (Wildman–Crippen MR) is 137 cm³/mol. The fraction of sp³-hybridized carbons (Fsp3) is 0.900. The number of allylic oxidation sites excluding steroid dienone is 2. The molecule has 198 valence electrons. The third-order valence-electron chi connectivity index (χ3n) is 13.6. The van der Waals surface area contributed by atoms with Crippen molar-refractivity contribution in [3.8, 4) is 0 Å². The lowest BCUT2D eigenvalue weighted by Crippen LogP contribution is -2.76. The summed E-state index contributed by atoms with van der Waals surface area (Å²) in [5.41, 5.74) is 6.35. The first-order valence-electron chi connectivity index (χ1n) is 14.0. The Labute approximate surface area is 211 Å². The van der Waals surface area contributed by atoms with Crippen molar-refractivity contribution in [1.82, 2.24) is 0 Å². The zero-order valence-corrected chi connectivity index (χ0v) is 23.1. The quantitative estimate of drug-likeness (QED) is 0.377. The molecule has 0 aromatic rings. The van der Waals surface area contributed by atoms with Crippen molar-refractivity contribution >= 4 is 5.97 Å². The van der Waals surface area contributed by atoms with Crippen molar-refractivity contribution in [2.45, 2.75) is 124 Å². The summed E-state index contributed by atoms with van der Waals surface area (Å²) in [7, 11) is 0. The van der Waals surface area contributed by atoms with Crippen LogP contribution in [0.25, 0.3) is 0 Å². The van der Waals surface area contributed by atoms with Crippen LogP contribution < -0.4 is 5.73 Å². The van der Waals surface area contributed by atoms with Crippen LogP contribution in [0.2, 0.25) is 0 Å². The number of rotatable bonds is 1. The van der Waals surface area contributed by atoms with Gasteiger partial charge in [0.2, 0.25) is 0 Å². The molecule has 5 aliphatic rings. The maximum absolute atomic E-state index is 12.8. The molecule has 0 aromatic heterocycles. The normalized spacial score (nSPS) is 54.4. The molecule has 0 saturated heterocycles. The second-order valence-electron chi connectivity index (χ2n) is 15.3. The van der Waals surface area contributed by atoms with Gasteiger partial charge in [-0.1, -0.05) is 60.1 Å². The van der Waals surface area contributed by atoms with Crippen molar-refractivity contribution < 1.29 is 20.1 Å². The number of hydrogen-bond acceptors (Lipinski definition) is 4. The highest BCUT2D eigenvalue weighted by Gasteiger charge is 2.73. The summed E-state index contributed by atoms with van der Waals surface area (Å²) < 4.78 is 0. The second-order valence-corrected chi connectivity index (χ2v) is 15.3. The van der Waals surface area contributed by atoms with Crippen molar-refractivity contribution in [3.63, 3.8) is 0 Å². The van der Waals surface area contributed by atoms with Gasteiger partial charge < -0.3 is 21.1 Å². The number of carboxylic acids is 1. The highest BCUT2D eigenvalue weighted by Crippen LogP contribution is 2.76. The minimum Gasteiger partial charge on any atom is -0.481 e. The predicted octanol–water partition coefficient (Wildman–Crippen LogP) is 5.29. The second kappa shape index (κ2) is 7.14. The molecule has 4 saturated carbocycles. The molecule has 5 aliphatic carbocycles. The van der Waals surface area contributed by atoms with Gasteiger partial charge in [-0.25, -0.2) is 0 Å². The van der Waals surface area contributed by atoms with E-state index in [9.17, 15) is 20.1 Å². The van der Waals surface area contributed by atoms with Crippen LogP contribution in [0.5, 0.6) is 0 Å². The Bertz CT molecular complexity index is 971. The Morgan fingerprint density at radius 2 is 1.54 bits per heavy atom. The Kier molecular flexibility index (Phi) is 5.25. The summed E-state index contributed by atoms with van der Waals surface area (Å²) >= 11 is 0. The summed E-state index contributed by atoms with van der Waals surface area (Å²) in [6, 6.07) is 0. The summed E-state index contributed by atoms with van der Waals surface area (Å²) in [6.45, 7) is 15.9. The largest absolute Gasteiger partial charge is 0.481 e. The number of aliphatic hydroxyl groups is 2. The van der Waals surface area contributed by atoms with E-state index < -0.39 is 29.1 Å². The van der Waals surface area contributed by atoms with Crippen LogP contribution in [0.3, 0.4) is 0 Å². The molecular weight excluding hydrogens is 438 g/mol. The molecule has 5 heteroatoms. The van der Waals surface area contributed by atoms with Crippen LogP contribution >= 0.6 is 0 Å². The molecule has 5 nitrogen and oxygen atoms in total. The maximum atomic E-state index is 12.8. The number of fused-ring (bicyclic) bond motifs is 7. The summed E-state index contributed by atoms with van der Waals surface area (Å²) in [4.78, 5) is 12.8. The molecule has 5 N–H and O–H groups in total. The smallest absolute Gasteiger partial charge is 0.312 e. The SMILES string of the molecule is CC1(C)CC[C@]2(C(=O)O)C(O)C[C@]3(C)C(=CC[C@@H]4[C@@]5(C)CC[C@H](O)C(C)(C)[C@]5(N)CC[C@]43C)[C@@H]2C1. The molecule has 0 radical (unpaired) electrons. The lowest BCUT2D eigenvalue weighted by molar-refractivity contribution is -0.226. The molecule has 1 unspecified atom stereocenters. The standard InChI is InChI=1S/C30H49NO4/c1-24(2)12-14-29(23(34)35)19(16-24)18-8-9-20-26(5,28(18,7)17-22(29)33)13-15-30(31)25(3,4)21(32)10-11-27(20,30)6/h8,19-22,32-33H,9-17,31H2,1-7H3,(H,34,35)/t19-,20-,21-,22?,26+,27+,28+,29+,30+/m0/s1. The Morgan fingerprint density at radius 3 is 2.17 bits per heavy atom. The van der Waals surface area contributed by atoms with Gasteiger partial charge in [0.15, 0.2) is 0 Å². The van der Waals surface area contributed by atoms with Gasteiger partial charge >= 0.3 is 5.97 Å². The molecule has 0 heterocycles. The van der Waals surface area contributed by atoms with Crippen LogP contribution in [0.1, 0.15) is 106 Å². The van der Waals surface area contributed by atoms with Gasteiger partial charge in [0.25, 0.3) is 0 Å². The number of hydrogen-bond donors (Lipinski definition) is 4. The molecule has 0 bridgehead atoms. The molecule has 0 aromatic carbocycles. The number of aliphatic hydroxyl groups excluding tert-OH is 2. The minimum absolute atomic E-state index is 0.0642. The van der Waals surface area contributed by atoms with E-state index in [4.69, 9.17) is 5.73 Å². The number of aliphatic carboxylic acids is 1. The van der Waals surface area contributed by atoms with E-state index >= 15 is 0 Å². The third kappa shape index (κ3) is 2.79. The topological polar surface area (TPSA) is 104 Å². The Balaban J connectivity index is 1.65. The molecule has 9 atom stereocenters. The maximum Gasteiger partial charge on any atom is 0.312 e. The number of nitrogens with two attached hydrogens (primary N) is 1. The van der Waals surface area contributed by atoms with Gasteiger partial charge in [-0.15, -0.1) is 0 Å². The first-order valence-corrected chi connectivity index (χ1v) is 14.0. The fourth-order valence-electron chi connectivity index (χ4n) is 10.6. The van der Waals surface area contributed by atoms with E-state index in [2.05, 4.69) is 54.5 Å². The Hall–Kier alpha value is -0.910. The summed E-state index contributed by atoms with van der Waals surface area (Å²) in [6.07, 6.45) is 8.24.